The molecule has 2 amide bonds. The van der Waals surface area contributed by atoms with Crippen molar-refractivity contribution in [1.29, 1.82) is 0 Å². The Kier molecular flexibility index (Phi) is 4.37. The minimum Gasteiger partial charge on any atom is -0.355 e. The quantitative estimate of drug-likeness (QED) is 0.839. The molecule has 2 rings (SSSR count). The monoisotopic (exact) mass is 298 g/mol. The van der Waals surface area contributed by atoms with Crippen molar-refractivity contribution >= 4 is 41.7 Å². The van der Waals surface area contributed by atoms with Crippen LogP contribution < -0.4 is 10.2 Å². The molecule has 1 N–H and O–H groups in total. The molecule has 1 aliphatic rings. The van der Waals surface area contributed by atoms with Crippen LogP contribution in [0.5, 0.6) is 0 Å². The minimum absolute atomic E-state index is 0.0720. The number of benzene rings is 1. The third-order valence-electron chi connectivity index (χ3n) is 3.20. The second kappa shape index (κ2) is 5.84. The molecule has 0 spiro atoms. The van der Waals surface area contributed by atoms with Gasteiger partial charge in [0.1, 0.15) is 0 Å². The number of carbonyl (C=O) groups excluding carboxylic acids is 2. The molecule has 0 bridgehead atoms. The molecular formula is C13H15ClN2O2S. The zero-order chi connectivity index (χ0) is 14.0. The first-order chi connectivity index (χ1) is 9.06. The van der Waals surface area contributed by atoms with Crippen LogP contribution in [0.2, 0.25) is 5.02 Å². The smallest absolute Gasteiger partial charge is 0.252 e. The zero-order valence-electron chi connectivity index (χ0n) is 10.5. The fraction of sp³-hybridized carbons (Fsp3) is 0.385. The number of rotatable bonds is 3. The molecular weight excluding hydrogens is 284 g/mol. The van der Waals surface area contributed by atoms with E-state index in [0.29, 0.717) is 29.3 Å². The average molecular weight is 299 g/mol. The lowest BCUT2D eigenvalue weighted by atomic mass is 10.1. The third kappa shape index (κ3) is 2.87. The molecule has 1 heterocycles. The molecule has 1 aromatic rings. The van der Waals surface area contributed by atoms with Gasteiger partial charge in [0, 0.05) is 25.7 Å². The highest BCUT2D eigenvalue weighted by Gasteiger charge is 2.30. The molecule has 6 heteroatoms. The SMILES string of the molecule is CNC(=O)c1ccc(N2CC(CS)CC2=O)cc1Cl. The highest BCUT2D eigenvalue weighted by Crippen LogP contribution is 2.29. The molecule has 1 fully saturated rings. The number of hydrogen-bond acceptors (Lipinski definition) is 3. The van der Waals surface area contributed by atoms with Gasteiger partial charge in [-0.25, -0.2) is 0 Å². The van der Waals surface area contributed by atoms with E-state index in [4.69, 9.17) is 11.6 Å². The Morgan fingerprint density at radius 3 is 2.84 bits per heavy atom. The second-order valence-corrected chi connectivity index (χ2v) is 5.27. The van der Waals surface area contributed by atoms with Crippen LogP contribution in [-0.4, -0.2) is 31.2 Å². The van der Waals surface area contributed by atoms with E-state index < -0.39 is 0 Å². The lowest BCUT2D eigenvalue weighted by molar-refractivity contribution is -0.117. The largest absolute Gasteiger partial charge is 0.355 e. The molecule has 1 aliphatic heterocycles. The number of halogens is 1. The maximum atomic E-state index is 11.9. The topological polar surface area (TPSA) is 49.4 Å². The van der Waals surface area contributed by atoms with Crippen LogP contribution in [0.4, 0.5) is 5.69 Å². The molecule has 4 nitrogen and oxygen atoms in total. The molecule has 1 unspecified atom stereocenters. The van der Waals surface area contributed by atoms with Crippen LogP contribution in [0.15, 0.2) is 18.2 Å². The number of carbonyl (C=O) groups is 2. The maximum absolute atomic E-state index is 11.9. The maximum Gasteiger partial charge on any atom is 0.252 e. The predicted octanol–water partition coefficient (Wildman–Crippen LogP) is 1.98. The van der Waals surface area contributed by atoms with E-state index in [2.05, 4.69) is 17.9 Å². The van der Waals surface area contributed by atoms with E-state index in [0.717, 1.165) is 5.69 Å². The summed E-state index contributed by atoms with van der Waals surface area (Å²) in [6.45, 7) is 0.651. The second-order valence-electron chi connectivity index (χ2n) is 4.50. The lowest BCUT2D eigenvalue weighted by Gasteiger charge is -2.17. The van der Waals surface area contributed by atoms with Gasteiger partial charge in [0.2, 0.25) is 5.91 Å². The van der Waals surface area contributed by atoms with Gasteiger partial charge in [-0.2, -0.15) is 12.6 Å². The van der Waals surface area contributed by atoms with Crippen LogP contribution in [0.1, 0.15) is 16.8 Å². The Morgan fingerprint density at radius 1 is 1.58 bits per heavy atom. The van der Waals surface area contributed by atoms with Crippen molar-refractivity contribution in [3.8, 4) is 0 Å². The summed E-state index contributed by atoms with van der Waals surface area (Å²) < 4.78 is 0. The summed E-state index contributed by atoms with van der Waals surface area (Å²) in [5.41, 5.74) is 1.14. The van der Waals surface area contributed by atoms with Crippen LogP contribution in [-0.2, 0) is 4.79 Å². The lowest BCUT2D eigenvalue weighted by Crippen LogP contribution is -2.25. The Balaban J connectivity index is 2.25. The van der Waals surface area contributed by atoms with Crippen LogP contribution in [0.25, 0.3) is 0 Å². The minimum atomic E-state index is -0.238. The zero-order valence-corrected chi connectivity index (χ0v) is 12.2. The van der Waals surface area contributed by atoms with E-state index >= 15 is 0 Å². The van der Waals surface area contributed by atoms with E-state index in [9.17, 15) is 9.59 Å². The fourth-order valence-corrected chi connectivity index (χ4v) is 2.65. The Bertz CT molecular complexity index is 521. The van der Waals surface area contributed by atoms with Gasteiger partial charge >= 0.3 is 0 Å². The summed E-state index contributed by atoms with van der Waals surface area (Å²) in [6, 6.07) is 5.04. The van der Waals surface area contributed by atoms with Crippen molar-refractivity contribution in [3.63, 3.8) is 0 Å². The summed E-state index contributed by atoms with van der Waals surface area (Å²) in [6.07, 6.45) is 0.512. The van der Waals surface area contributed by atoms with E-state index in [-0.39, 0.29) is 17.7 Å². The standard InChI is InChI=1S/C13H15ClN2O2S/c1-15-13(18)10-3-2-9(5-11(10)14)16-6-8(7-19)4-12(16)17/h2-3,5,8,19H,4,6-7H2,1H3,(H,15,18). The van der Waals surface area contributed by atoms with Crippen molar-refractivity contribution in [3.05, 3.63) is 28.8 Å². The summed E-state index contributed by atoms with van der Waals surface area (Å²) in [5, 5.41) is 2.87. The van der Waals surface area contributed by atoms with Crippen LogP contribution in [0.3, 0.4) is 0 Å². The summed E-state index contributed by atoms with van der Waals surface area (Å²) in [4.78, 5) is 25.1. The summed E-state index contributed by atoms with van der Waals surface area (Å²) in [7, 11) is 1.55. The number of thiol groups is 1. The molecule has 0 radical (unpaired) electrons. The van der Waals surface area contributed by atoms with Gasteiger partial charge in [-0.1, -0.05) is 11.6 Å². The summed E-state index contributed by atoms with van der Waals surface area (Å²) in [5.74, 6) is 0.792. The van der Waals surface area contributed by atoms with Gasteiger partial charge in [-0.3, -0.25) is 9.59 Å². The average Bonchev–Trinajstić information content (AvgIpc) is 2.79. The fourth-order valence-electron chi connectivity index (χ4n) is 2.14. The first-order valence-corrected chi connectivity index (χ1v) is 7.00. The number of nitrogens with one attached hydrogen (secondary N) is 1. The molecule has 1 saturated heterocycles. The molecule has 0 aromatic heterocycles. The van der Waals surface area contributed by atoms with E-state index in [1.165, 1.54) is 0 Å². The normalized spacial score (nSPS) is 18.8. The molecule has 0 saturated carbocycles. The molecule has 0 aliphatic carbocycles. The number of nitrogens with zero attached hydrogens (tertiary/aromatic N) is 1. The highest BCUT2D eigenvalue weighted by atomic mass is 35.5. The van der Waals surface area contributed by atoms with Crippen LogP contribution >= 0.6 is 24.2 Å². The molecule has 102 valence electrons. The Morgan fingerprint density at radius 2 is 2.32 bits per heavy atom. The van der Waals surface area contributed by atoms with E-state index in [1.807, 2.05) is 0 Å². The van der Waals surface area contributed by atoms with E-state index in [1.54, 1.807) is 30.1 Å². The van der Waals surface area contributed by atoms with Crippen molar-refractivity contribution in [2.75, 3.05) is 24.2 Å². The first kappa shape index (κ1) is 14.2. The van der Waals surface area contributed by atoms with Crippen molar-refractivity contribution in [2.45, 2.75) is 6.42 Å². The van der Waals surface area contributed by atoms with Gasteiger partial charge < -0.3 is 10.2 Å². The Labute approximate surface area is 122 Å². The number of anilines is 1. The van der Waals surface area contributed by atoms with Crippen molar-refractivity contribution < 1.29 is 9.59 Å². The highest BCUT2D eigenvalue weighted by molar-refractivity contribution is 7.80. The van der Waals surface area contributed by atoms with Gasteiger partial charge in [-0.15, -0.1) is 0 Å². The Hall–Kier alpha value is -1.20. The van der Waals surface area contributed by atoms with Gasteiger partial charge in [-0.05, 0) is 29.9 Å². The van der Waals surface area contributed by atoms with Crippen molar-refractivity contribution in [2.24, 2.45) is 5.92 Å². The van der Waals surface area contributed by atoms with Gasteiger partial charge in [0.15, 0.2) is 0 Å². The third-order valence-corrected chi connectivity index (χ3v) is 4.03. The summed E-state index contributed by atoms with van der Waals surface area (Å²) >= 11 is 10.3. The molecule has 19 heavy (non-hydrogen) atoms. The molecule has 1 atom stereocenters. The number of hydrogen-bond donors (Lipinski definition) is 2. The predicted molar refractivity (Wildman–Crippen MR) is 79.2 cm³/mol. The van der Waals surface area contributed by atoms with Crippen molar-refractivity contribution in [1.82, 2.24) is 5.32 Å². The number of amides is 2. The molecule has 1 aromatic carbocycles. The first-order valence-electron chi connectivity index (χ1n) is 5.99. The van der Waals surface area contributed by atoms with Gasteiger partial charge in [0.25, 0.3) is 5.91 Å². The van der Waals surface area contributed by atoms with Crippen LogP contribution in [0, 0.1) is 5.92 Å². The van der Waals surface area contributed by atoms with Gasteiger partial charge in [0.05, 0.1) is 10.6 Å².